The molecule has 2 aromatic rings. The quantitative estimate of drug-likeness (QED) is 0.627. The number of alkyl halides is 3. The lowest BCUT2D eigenvalue weighted by molar-refractivity contribution is -0.274. The van der Waals surface area contributed by atoms with Crippen LogP contribution in [0.3, 0.4) is 0 Å². The zero-order chi connectivity index (χ0) is 19.9. The van der Waals surface area contributed by atoms with Crippen LogP contribution in [-0.4, -0.2) is 29.7 Å². The highest BCUT2D eigenvalue weighted by Crippen LogP contribution is 2.25. The summed E-state index contributed by atoms with van der Waals surface area (Å²) in [6.45, 7) is 0. The highest BCUT2D eigenvalue weighted by Gasteiger charge is 2.31. The topological polar surface area (TPSA) is 67.4 Å². The Morgan fingerprint density at radius 2 is 1.52 bits per heavy atom. The number of carbonyl (C=O) groups excluding carboxylic acids is 2. The van der Waals surface area contributed by atoms with Gasteiger partial charge in [0.25, 0.3) is 0 Å². The lowest BCUT2D eigenvalue weighted by Crippen LogP contribution is -2.19. The summed E-state index contributed by atoms with van der Waals surface area (Å²) in [5.74, 6) is -1.12. The minimum atomic E-state index is -4.81. The molecule has 0 aliphatic heterocycles. The molecule has 0 aromatic heterocycles. The van der Waals surface area contributed by atoms with Crippen LogP contribution in [0, 0.1) is 0 Å². The molecule has 0 unspecified atom stereocenters. The summed E-state index contributed by atoms with van der Waals surface area (Å²) in [5.41, 5.74) is 0.793. The van der Waals surface area contributed by atoms with E-state index in [-0.39, 0.29) is 23.1 Å². The fourth-order valence-electron chi connectivity index (χ4n) is 1.97. The molecule has 10 heteroatoms. The normalized spacial score (nSPS) is 11.0. The molecule has 2 rings (SSSR count). The van der Waals surface area contributed by atoms with Gasteiger partial charge in [-0.2, -0.15) is 0 Å². The molecule has 0 atom stereocenters. The molecule has 0 spiro atoms. The van der Waals surface area contributed by atoms with Crippen LogP contribution >= 0.6 is 27.7 Å². The lowest BCUT2D eigenvalue weighted by Gasteiger charge is -2.10. The highest BCUT2D eigenvalue weighted by molar-refractivity contribution is 9.10. The van der Waals surface area contributed by atoms with Gasteiger partial charge in [-0.3, -0.25) is 9.59 Å². The molecule has 2 N–H and O–H groups in total. The van der Waals surface area contributed by atoms with Gasteiger partial charge in [0, 0.05) is 21.9 Å². The van der Waals surface area contributed by atoms with Crippen molar-refractivity contribution in [3.8, 4) is 5.75 Å². The van der Waals surface area contributed by atoms with Gasteiger partial charge in [0.15, 0.2) is 0 Å². The third kappa shape index (κ3) is 8.35. The molecular formula is C17H14BrF3N2O3S. The third-order valence-corrected chi connectivity index (χ3v) is 4.35. The van der Waals surface area contributed by atoms with Crippen molar-refractivity contribution in [3.63, 3.8) is 0 Å². The summed E-state index contributed by atoms with van der Waals surface area (Å²) in [4.78, 5) is 23.7. The Kier molecular flexibility index (Phi) is 7.55. The Labute approximate surface area is 165 Å². The van der Waals surface area contributed by atoms with Gasteiger partial charge in [-0.1, -0.05) is 28.1 Å². The van der Waals surface area contributed by atoms with Gasteiger partial charge in [-0.25, -0.2) is 0 Å². The third-order valence-electron chi connectivity index (χ3n) is 2.93. The van der Waals surface area contributed by atoms with E-state index in [1.165, 1.54) is 12.1 Å². The number of benzene rings is 2. The summed E-state index contributed by atoms with van der Waals surface area (Å²) in [6, 6.07) is 12.0. The smallest absolute Gasteiger partial charge is 0.406 e. The number of anilines is 2. The van der Waals surface area contributed by atoms with E-state index in [2.05, 4.69) is 31.3 Å². The van der Waals surface area contributed by atoms with E-state index in [0.717, 1.165) is 28.4 Å². The molecule has 0 aliphatic rings. The molecule has 0 radical (unpaired) electrons. The number of carbonyl (C=O) groups is 2. The van der Waals surface area contributed by atoms with E-state index in [1.807, 2.05) is 6.07 Å². The summed E-state index contributed by atoms with van der Waals surface area (Å²) < 4.78 is 41.2. The van der Waals surface area contributed by atoms with Gasteiger partial charge in [0.1, 0.15) is 5.75 Å². The molecule has 0 saturated carbocycles. The van der Waals surface area contributed by atoms with Crippen LogP contribution in [0.4, 0.5) is 24.5 Å². The summed E-state index contributed by atoms with van der Waals surface area (Å²) in [7, 11) is 0. The maximum absolute atomic E-state index is 12.2. The fraction of sp³-hybridized carbons (Fsp3) is 0.176. The first-order valence-corrected chi connectivity index (χ1v) is 9.45. The van der Waals surface area contributed by atoms with E-state index in [4.69, 9.17) is 0 Å². The first kappa shape index (κ1) is 21.1. The molecule has 2 amide bonds. The average Bonchev–Trinajstić information content (AvgIpc) is 2.53. The molecule has 0 saturated heterocycles. The number of hydrogen-bond acceptors (Lipinski definition) is 4. The van der Waals surface area contributed by atoms with Crippen LogP contribution in [-0.2, 0) is 9.59 Å². The predicted octanol–water partition coefficient (Wildman–Crippen LogP) is 4.66. The van der Waals surface area contributed by atoms with Gasteiger partial charge < -0.3 is 15.4 Å². The molecule has 0 aliphatic carbocycles. The van der Waals surface area contributed by atoms with Gasteiger partial charge >= 0.3 is 6.36 Å². The first-order valence-electron chi connectivity index (χ1n) is 7.50. The van der Waals surface area contributed by atoms with Crippen molar-refractivity contribution in [1.82, 2.24) is 0 Å². The Balaban J connectivity index is 1.76. The number of rotatable bonds is 7. The van der Waals surface area contributed by atoms with E-state index < -0.39 is 18.0 Å². The van der Waals surface area contributed by atoms with Crippen LogP contribution in [0.1, 0.15) is 0 Å². The molecule has 5 nitrogen and oxygen atoms in total. The predicted molar refractivity (Wildman–Crippen MR) is 102 cm³/mol. The van der Waals surface area contributed by atoms with E-state index in [1.54, 1.807) is 18.2 Å². The van der Waals surface area contributed by atoms with Crippen LogP contribution < -0.4 is 15.4 Å². The second-order valence-corrected chi connectivity index (χ2v) is 7.08. The van der Waals surface area contributed by atoms with Crippen molar-refractivity contribution >= 4 is 50.9 Å². The second-order valence-electron chi connectivity index (χ2n) is 5.18. The average molecular weight is 463 g/mol. The number of amides is 2. The Hall–Kier alpha value is -2.20. The molecule has 0 bridgehead atoms. The Morgan fingerprint density at radius 1 is 0.963 bits per heavy atom. The summed E-state index contributed by atoms with van der Waals surface area (Å²) >= 11 is 4.37. The minimum Gasteiger partial charge on any atom is -0.406 e. The zero-order valence-electron chi connectivity index (χ0n) is 13.7. The molecule has 27 heavy (non-hydrogen) atoms. The number of nitrogens with one attached hydrogen (secondary N) is 2. The Morgan fingerprint density at radius 3 is 2.07 bits per heavy atom. The van der Waals surface area contributed by atoms with Gasteiger partial charge in [0.2, 0.25) is 11.8 Å². The largest absolute Gasteiger partial charge is 0.573 e. The van der Waals surface area contributed by atoms with Crippen LogP contribution in [0.25, 0.3) is 0 Å². The minimum absolute atomic E-state index is 0.0315. The number of hydrogen-bond donors (Lipinski definition) is 2. The molecule has 2 aromatic carbocycles. The van der Waals surface area contributed by atoms with Crippen LogP contribution in [0.2, 0.25) is 0 Å². The number of ether oxygens (including phenoxy) is 1. The molecule has 0 fully saturated rings. The fourth-order valence-corrected chi connectivity index (χ4v) is 2.98. The highest BCUT2D eigenvalue weighted by atomic mass is 79.9. The van der Waals surface area contributed by atoms with Gasteiger partial charge in [-0.05, 0) is 30.3 Å². The van der Waals surface area contributed by atoms with Gasteiger partial charge in [-0.15, -0.1) is 24.9 Å². The van der Waals surface area contributed by atoms with Crippen molar-refractivity contribution in [2.45, 2.75) is 6.36 Å². The van der Waals surface area contributed by atoms with E-state index in [0.29, 0.717) is 5.69 Å². The summed E-state index contributed by atoms with van der Waals surface area (Å²) in [6.07, 6.45) is -4.81. The lowest BCUT2D eigenvalue weighted by atomic mass is 10.3. The van der Waals surface area contributed by atoms with Crippen molar-refractivity contribution in [2.24, 2.45) is 0 Å². The van der Waals surface area contributed by atoms with Gasteiger partial charge in [0.05, 0.1) is 11.5 Å². The van der Waals surface area contributed by atoms with E-state index >= 15 is 0 Å². The van der Waals surface area contributed by atoms with Crippen LogP contribution in [0.5, 0.6) is 5.75 Å². The zero-order valence-corrected chi connectivity index (χ0v) is 16.1. The van der Waals surface area contributed by atoms with Crippen molar-refractivity contribution in [1.29, 1.82) is 0 Å². The summed E-state index contributed by atoms with van der Waals surface area (Å²) in [5, 5.41) is 5.14. The first-order chi connectivity index (χ1) is 12.7. The van der Waals surface area contributed by atoms with Crippen molar-refractivity contribution < 1.29 is 27.5 Å². The SMILES string of the molecule is O=C(CSCC(=O)Nc1cccc(OC(F)(F)F)c1)Nc1cccc(Br)c1. The van der Waals surface area contributed by atoms with Crippen LogP contribution in [0.15, 0.2) is 53.0 Å². The number of halogens is 4. The van der Waals surface area contributed by atoms with Crippen molar-refractivity contribution in [3.05, 3.63) is 53.0 Å². The number of thioether (sulfide) groups is 1. The Bertz CT molecular complexity index is 818. The molecular weight excluding hydrogens is 449 g/mol. The molecule has 144 valence electrons. The van der Waals surface area contributed by atoms with Crippen molar-refractivity contribution in [2.75, 3.05) is 22.1 Å². The standard InChI is InChI=1S/C17H14BrF3N2O3S/c18-11-3-1-4-12(7-11)22-15(24)9-27-10-16(25)23-13-5-2-6-14(8-13)26-17(19,20)21/h1-8H,9-10H2,(H,22,24)(H,23,25). The van der Waals surface area contributed by atoms with E-state index in [9.17, 15) is 22.8 Å². The second kappa shape index (κ2) is 9.65. The maximum Gasteiger partial charge on any atom is 0.573 e. The molecule has 0 heterocycles. The maximum atomic E-state index is 12.2. The monoisotopic (exact) mass is 462 g/mol.